The minimum Gasteiger partial charge on any atom is -0.412 e. The van der Waals surface area contributed by atoms with Gasteiger partial charge in [0.2, 0.25) is 0 Å². The van der Waals surface area contributed by atoms with Gasteiger partial charge in [-0.15, -0.1) is 0 Å². The first kappa shape index (κ1) is 116. The van der Waals surface area contributed by atoms with Gasteiger partial charge in [0.1, 0.15) is 0 Å². The van der Waals surface area contributed by atoms with Crippen LogP contribution < -0.4 is 18.9 Å². The predicted molar refractivity (Wildman–Crippen MR) is 62.1 cm³/mol. The van der Waals surface area contributed by atoms with Crippen LogP contribution in [-0.4, -0.2) is 76.6 Å². The van der Waals surface area contributed by atoms with Crippen molar-refractivity contribution in [1.82, 2.24) is 0 Å². The van der Waals surface area contributed by atoms with Crippen LogP contribution in [0.15, 0.2) is 0 Å². The molecule has 0 aliphatic rings. The second-order valence-corrected chi connectivity index (χ2v) is 0.671. The van der Waals surface area contributed by atoms with Crippen molar-refractivity contribution in [3.8, 4) is 0 Å². The van der Waals surface area contributed by atoms with Crippen LogP contribution in [0.2, 0.25) is 0 Å². The van der Waals surface area contributed by atoms with Crippen molar-refractivity contribution in [3.63, 3.8) is 0 Å². The largest absolute Gasteiger partial charge is 2.00 e. The van der Waals surface area contributed by atoms with Crippen molar-refractivity contribution < 1.29 is 72.5 Å². The molecule has 0 atom stereocenters. The topological polar surface area (TPSA) is 419 Å². The molecule has 0 radical (unpaired) electrons. The third kappa shape index (κ3) is 3000. The Balaban J connectivity index is -0.00000000476. The predicted octanol–water partition coefficient (Wildman–Crippen LogP) is -9.87. The van der Waals surface area contributed by atoms with Gasteiger partial charge in [0, 0.05) is 0 Å². The molecule has 0 unspecified atom stereocenters. The fraction of sp³-hybridized carbons (Fsp3) is 0. The van der Waals surface area contributed by atoms with Crippen LogP contribution in [0.3, 0.4) is 0 Å². The second-order valence-electron chi connectivity index (χ2n) is 0.671. The summed E-state index contributed by atoms with van der Waals surface area (Å²) in [6, 6.07) is 0. The molecule has 0 bridgehead atoms. The number of hydrogen-bond donors (Lipinski definition) is 0. The smallest absolute Gasteiger partial charge is 0.412 e. The van der Waals surface area contributed by atoms with Gasteiger partial charge in [-0.1, -0.05) is 0 Å². The van der Waals surface area contributed by atoms with Crippen LogP contribution in [0.4, 0.5) is 0 Å². The van der Waals surface area contributed by atoms with Gasteiger partial charge in [0.05, 0.1) is 15.3 Å². The van der Waals surface area contributed by atoms with Crippen molar-refractivity contribution in [3.05, 3.63) is 46.0 Å². The van der Waals surface area contributed by atoms with E-state index in [1.54, 1.807) is 0 Å². The molecule has 0 aromatic carbocycles. The molecule has 0 fully saturated rings. The molecule has 128 valence electrons. The molecule has 0 aromatic heterocycles. The summed E-state index contributed by atoms with van der Waals surface area (Å²) < 4.78 is 0. The van der Waals surface area contributed by atoms with Crippen molar-refractivity contribution in [1.29, 1.82) is 0 Å². The molecule has 0 rings (SSSR count). The number of rotatable bonds is 0. The quantitative estimate of drug-likeness (QED) is 0.228. The molecular weight excluding hydrogens is 329 g/mol. The van der Waals surface area contributed by atoms with E-state index in [4.69, 9.17) is 46.0 Å². The zero-order valence-corrected chi connectivity index (χ0v) is 11.6. The molecule has 14 N–H and O–H groups in total. The van der Waals surface area contributed by atoms with Gasteiger partial charge in [-0.05, 0) is 0 Å². The number of hydrogen-bond acceptors (Lipinski definition) is 9. The Morgan fingerprint density at radius 3 is 0.429 bits per heavy atom. The van der Waals surface area contributed by atoms with Crippen molar-refractivity contribution in [2.75, 3.05) is 0 Å². The Hall–Kier alpha value is -1.32. The van der Waals surface area contributed by atoms with E-state index >= 15 is 0 Å². The molecule has 21 heavy (non-hydrogen) atoms. The molecule has 0 amide bonds. The van der Waals surface area contributed by atoms with E-state index in [9.17, 15) is 0 Å². The molecule has 19 nitrogen and oxygen atoms in total. The van der Waals surface area contributed by atoms with E-state index in [0.29, 0.717) is 0 Å². The third-order valence-corrected chi connectivity index (χ3v) is 0. The van der Waals surface area contributed by atoms with E-state index < -0.39 is 15.3 Å². The molecule has 0 saturated carbocycles. The molecule has 0 aliphatic heterocycles. The van der Waals surface area contributed by atoms with Gasteiger partial charge in [0.15, 0.2) is 0 Å². The van der Waals surface area contributed by atoms with E-state index in [2.05, 4.69) is 0 Å². The zero-order chi connectivity index (χ0) is 10.7. The molecule has 0 heterocycles. The summed E-state index contributed by atoms with van der Waals surface area (Å²) in [6.07, 6.45) is 0. The van der Waals surface area contributed by atoms with Crippen LogP contribution in [-0.2, 0) is 0 Å². The average molecular weight is 343 g/mol. The van der Waals surface area contributed by atoms with E-state index in [0.717, 1.165) is 0 Å². The Labute approximate surface area is 142 Å². The Morgan fingerprint density at radius 2 is 0.429 bits per heavy atom. The summed E-state index contributed by atoms with van der Waals surface area (Å²) in [5, 5.41) is 44.2. The minimum atomic E-state index is -1.75. The molecule has 0 aliphatic carbocycles. The summed E-state index contributed by atoms with van der Waals surface area (Å²) >= 11 is 0. The van der Waals surface area contributed by atoms with Crippen LogP contribution in [0.5, 0.6) is 0 Å². The Morgan fingerprint density at radius 1 is 0.429 bits per heavy atom. The van der Waals surface area contributed by atoms with Gasteiger partial charge in [-0.25, -0.2) is 0 Å². The first-order chi connectivity index (χ1) is 5.20. The van der Waals surface area contributed by atoms with Gasteiger partial charge in [-0.2, -0.15) is 0 Å². The molecule has 0 spiro atoms. The summed E-state index contributed by atoms with van der Waals surface area (Å²) in [7, 11) is 0. The van der Waals surface area contributed by atoms with Gasteiger partial charge >= 0.3 is 41.9 Å². The van der Waals surface area contributed by atoms with E-state index in [1.807, 2.05) is 0 Å². The first-order valence-corrected chi connectivity index (χ1v) is 1.64. The Bertz CT molecular complexity index is 121. The minimum absolute atomic E-state index is 0. The maximum Gasteiger partial charge on any atom is 2.00 e. The summed E-state index contributed by atoms with van der Waals surface area (Å²) in [5.41, 5.74) is 0. The second kappa shape index (κ2) is 99.0. The molecule has 0 saturated heterocycles. The molecular formula is H14LiMgN3O16. The molecule has 0 aromatic rings. The zero-order valence-electron chi connectivity index (χ0n) is 10.2. The fourth-order valence-corrected chi connectivity index (χ4v) is 0. The Kier molecular flexibility index (Phi) is 548. The van der Waals surface area contributed by atoms with Gasteiger partial charge < -0.3 is 84.3 Å². The normalized spacial score (nSPS) is 3.43. The maximum atomic E-state index is 8.25. The van der Waals surface area contributed by atoms with Gasteiger partial charge in [-0.3, -0.25) is 0 Å². The standard InChI is InChI=1S/Li.Mg.3NO3.7H2O/c;;3*2-1(3)4;;;;;;;/h;;;;;7*1H2/q+1;+2;3*-1;;;;;;;. The fourth-order valence-electron chi connectivity index (χ4n) is 0. The van der Waals surface area contributed by atoms with Crippen molar-refractivity contribution in [2.24, 2.45) is 0 Å². The third-order valence-electron chi connectivity index (χ3n) is 0. The van der Waals surface area contributed by atoms with Crippen molar-refractivity contribution in [2.45, 2.75) is 0 Å². The summed E-state index contributed by atoms with van der Waals surface area (Å²) in [5.74, 6) is 0. The monoisotopic (exact) mass is 343 g/mol. The van der Waals surface area contributed by atoms with E-state index in [1.165, 1.54) is 0 Å². The van der Waals surface area contributed by atoms with Crippen LogP contribution in [0.25, 0.3) is 0 Å². The van der Waals surface area contributed by atoms with Crippen molar-refractivity contribution >= 4 is 23.1 Å². The first-order valence-electron chi connectivity index (χ1n) is 1.64. The summed E-state index contributed by atoms with van der Waals surface area (Å²) in [6.45, 7) is 0. The summed E-state index contributed by atoms with van der Waals surface area (Å²) in [4.78, 5) is 24.8. The molecule has 21 heteroatoms. The van der Waals surface area contributed by atoms with Gasteiger partial charge in [0.25, 0.3) is 0 Å². The number of nitrogens with zero attached hydrogens (tertiary/aromatic N) is 3. The van der Waals surface area contributed by atoms with Crippen LogP contribution >= 0.6 is 0 Å². The van der Waals surface area contributed by atoms with Crippen LogP contribution in [0, 0.1) is 46.0 Å². The maximum absolute atomic E-state index is 8.25. The SMILES string of the molecule is O.O.O.O.O.O.O.O=[N+]([O-])[O-].O=[N+]([O-])[O-].O=[N+]([O-])[O-].[Li+].[Mg+2]. The average Bonchev–Trinajstić information content (AvgIpc) is 1.54. The van der Waals surface area contributed by atoms with E-state index in [-0.39, 0.29) is 80.2 Å². The van der Waals surface area contributed by atoms with Crippen LogP contribution in [0.1, 0.15) is 0 Å².